The Labute approximate surface area is 151 Å². The molecule has 0 saturated carbocycles. The number of halogens is 3. The predicted octanol–water partition coefficient (Wildman–Crippen LogP) is 1.82. The van der Waals surface area contributed by atoms with Crippen LogP contribution in [0.2, 0.25) is 0 Å². The van der Waals surface area contributed by atoms with Crippen LogP contribution >= 0.6 is 11.8 Å². The molecular formula is C16H16F3N3O3S. The monoisotopic (exact) mass is 387 g/mol. The maximum absolute atomic E-state index is 12.8. The third kappa shape index (κ3) is 3.95. The van der Waals surface area contributed by atoms with Crippen molar-refractivity contribution in [2.75, 3.05) is 16.9 Å². The summed E-state index contributed by atoms with van der Waals surface area (Å²) in [5, 5.41) is 5.01. The number of rotatable bonds is 3. The van der Waals surface area contributed by atoms with E-state index < -0.39 is 29.7 Å². The molecular weight excluding hydrogens is 371 g/mol. The molecule has 26 heavy (non-hydrogen) atoms. The zero-order valence-corrected chi connectivity index (χ0v) is 14.3. The molecule has 2 saturated heterocycles. The molecule has 2 heterocycles. The molecule has 0 radical (unpaired) electrons. The van der Waals surface area contributed by atoms with Crippen LogP contribution in [0.4, 0.5) is 18.9 Å². The molecule has 140 valence electrons. The number of benzene rings is 1. The molecule has 2 N–H and O–H groups in total. The van der Waals surface area contributed by atoms with Crippen molar-refractivity contribution in [1.29, 1.82) is 0 Å². The topological polar surface area (TPSA) is 78.5 Å². The highest BCUT2D eigenvalue weighted by Crippen LogP contribution is 2.31. The molecule has 6 nitrogen and oxygen atoms in total. The van der Waals surface area contributed by atoms with Crippen LogP contribution in [0, 0.1) is 0 Å². The van der Waals surface area contributed by atoms with Crippen LogP contribution in [-0.4, -0.2) is 46.3 Å². The van der Waals surface area contributed by atoms with Gasteiger partial charge in [0.1, 0.15) is 12.1 Å². The zero-order valence-electron chi connectivity index (χ0n) is 13.5. The Morgan fingerprint density at radius 3 is 2.73 bits per heavy atom. The van der Waals surface area contributed by atoms with E-state index in [1.54, 1.807) is 0 Å². The van der Waals surface area contributed by atoms with Gasteiger partial charge in [0, 0.05) is 17.9 Å². The fourth-order valence-electron chi connectivity index (χ4n) is 2.88. The first kappa shape index (κ1) is 18.6. The molecule has 0 unspecified atom stereocenters. The van der Waals surface area contributed by atoms with Gasteiger partial charge in [-0.3, -0.25) is 14.4 Å². The Morgan fingerprint density at radius 1 is 1.31 bits per heavy atom. The maximum Gasteiger partial charge on any atom is 0.416 e. The minimum Gasteiger partial charge on any atom is -0.344 e. The van der Waals surface area contributed by atoms with E-state index >= 15 is 0 Å². The van der Waals surface area contributed by atoms with Crippen LogP contribution in [0.15, 0.2) is 24.3 Å². The van der Waals surface area contributed by atoms with E-state index in [0.717, 1.165) is 12.1 Å². The van der Waals surface area contributed by atoms with Crippen molar-refractivity contribution in [3.63, 3.8) is 0 Å². The van der Waals surface area contributed by atoms with Crippen molar-refractivity contribution in [1.82, 2.24) is 10.2 Å². The predicted molar refractivity (Wildman–Crippen MR) is 89.2 cm³/mol. The van der Waals surface area contributed by atoms with Gasteiger partial charge in [-0.1, -0.05) is 6.07 Å². The highest BCUT2D eigenvalue weighted by molar-refractivity contribution is 7.99. The van der Waals surface area contributed by atoms with E-state index in [0.29, 0.717) is 18.1 Å². The lowest BCUT2D eigenvalue weighted by atomic mass is 10.1. The molecule has 1 aromatic carbocycles. The van der Waals surface area contributed by atoms with Gasteiger partial charge in [0.05, 0.1) is 11.4 Å². The molecule has 10 heteroatoms. The third-order valence-corrected chi connectivity index (χ3v) is 5.23. The van der Waals surface area contributed by atoms with Crippen molar-refractivity contribution in [2.45, 2.75) is 31.1 Å². The van der Waals surface area contributed by atoms with E-state index in [2.05, 4.69) is 10.6 Å². The fourth-order valence-corrected chi connectivity index (χ4v) is 4.04. The first-order valence-electron chi connectivity index (χ1n) is 7.91. The lowest BCUT2D eigenvalue weighted by Gasteiger charge is -2.25. The number of hydrogen-bond donors (Lipinski definition) is 2. The minimum atomic E-state index is -4.51. The molecule has 0 aromatic heterocycles. The van der Waals surface area contributed by atoms with Crippen LogP contribution < -0.4 is 10.6 Å². The molecule has 0 bridgehead atoms. The summed E-state index contributed by atoms with van der Waals surface area (Å²) in [6, 6.07) is 2.89. The standard InChI is InChI=1S/C16H16F3N3O3S/c17-16(18,19)9-2-1-3-10(6-9)20-14(24)12-7-26-8-22(12)15(25)11-4-5-13(23)21-11/h1-3,6,11-12H,4-5,7-8H2,(H,20,24)(H,21,23)/t11-,12+/m1/s1. The highest BCUT2D eigenvalue weighted by Gasteiger charge is 2.40. The van der Waals surface area contributed by atoms with Gasteiger partial charge < -0.3 is 15.5 Å². The highest BCUT2D eigenvalue weighted by atomic mass is 32.2. The lowest BCUT2D eigenvalue weighted by Crippen LogP contribution is -2.50. The van der Waals surface area contributed by atoms with Crippen molar-refractivity contribution in [3.8, 4) is 0 Å². The van der Waals surface area contributed by atoms with Gasteiger partial charge in [0.2, 0.25) is 17.7 Å². The molecule has 1 aromatic rings. The van der Waals surface area contributed by atoms with E-state index in [-0.39, 0.29) is 23.9 Å². The number of nitrogens with one attached hydrogen (secondary N) is 2. The second kappa shape index (κ2) is 7.18. The maximum atomic E-state index is 12.8. The second-order valence-electron chi connectivity index (χ2n) is 6.05. The Bertz CT molecular complexity index is 741. The quantitative estimate of drug-likeness (QED) is 0.830. The van der Waals surface area contributed by atoms with Gasteiger partial charge in [0.15, 0.2) is 0 Å². The molecule has 3 rings (SSSR count). The fraction of sp³-hybridized carbons (Fsp3) is 0.438. The van der Waals surface area contributed by atoms with Gasteiger partial charge in [0.25, 0.3) is 0 Å². The third-order valence-electron chi connectivity index (χ3n) is 4.22. The number of carbonyl (C=O) groups excluding carboxylic acids is 3. The average molecular weight is 387 g/mol. The smallest absolute Gasteiger partial charge is 0.344 e. The summed E-state index contributed by atoms with van der Waals surface area (Å²) in [7, 11) is 0. The normalized spacial score (nSPS) is 23.0. The summed E-state index contributed by atoms with van der Waals surface area (Å²) in [4.78, 5) is 37.6. The van der Waals surface area contributed by atoms with Crippen molar-refractivity contribution < 1.29 is 27.6 Å². The molecule has 0 aliphatic carbocycles. The Balaban J connectivity index is 1.69. The SMILES string of the molecule is O=C1CC[C@H](C(=O)N2CSC[C@H]2C(=O)Nc2cccc(C(F)(F)F)c2)N1. The largest absolute Gasteiger partial charge is 0.416 e. The number of anilines is 1. The number of thioether (sulfide) groups is 1. The Hall–Kier alpha value is -2.23. The average Bonchev–Trinajstić information content (AvgIpc) is 3.22. The number of hydrogen-bond acceptors (Lipinski definition) is 4. The van der Waals surface area contributed by atoms with Gasteiger partial charge in [-0.25, -0.2) is 0 Å². The number of amides is 3. The van der Waals surface area contributed by atoms with Gasteiger partial charge in [-0.15, -0.1) is 11.8 Å². The Kier molecular flexibility index (Phi) is 5.12. The Morgan fingerprint density at radius 2 is 2.08 bits per heavy atom. The first-order chi connectivity index (χ1) is 12.3. The van der Waals surface area contributed by atoms with E-state index in [9.17, 15) is 27.6 Å². The van der Waals surface area contributed by atoms with Crippen molar-refractivity contribution in [2.24, 2.45) is 0 Å². The van der Waals surface area contributed by atoms with Crippen molar-refractivity contribution >= 4 is 35.2 Å². The van der Waals surface area contributed by atoms with Crippen LogP contribution in [0.25, 0.3) is 0 Å². The molecule has 2 aliphatic rings. The van der Waals surface area contributed by atoms with Crippen molar-refractivity contribution in [3.05, 3.63) is 29.8 Å². The molecule has 2 fully saturated rings. The van der Waals surface area contributed by atoms with Gasteiger partial charge in [-0.2, -0.15) is 13.2 Å². The van der Waals surface area contributed by atoms with Crippen LogP contribution in [-0.2, 0) is 20.6 Å². The summed E-state index contributed by atoms with van der Waals surface area (Å²) in [6.45, 7) is 0. The number of alkyl halides is 3. The summed E-state index contributed by atoms with van der Waals surface area (Å²) in [5.74, 6) is -0.458. The summed E-state index contributed by atoms with van der Waals surface area (Å²) in [6.07, 6.45) is -3.87. The van der Waals surface area contributed by atoms with Crippen LogP contribution in [0.1, 0.15) is 18.4 Å². The summed E-state index contributed by atoms with van der Waals surface area (Å²) < 4.78 is 38.3. The summed E-state index contributed by atoms with van der Waals surface area (Å²) >= 11 is 1.38. The molecule has 3 amide bonds. The number of nitrogens with zero attached hydrogens (tertiary/aromatic N) is 1. The zero-order chi connectivity index (χ0) is 18.9. The van der Waals surface area contributed by atoms with Gasteiger partial charge in [-0.05, 0) is 24.6 Å². The summed E-state index contributed by atoms with van der Waals surface area (Å²) in [5.41, 5.74) is -0.846. The number of carbonyl (C=O) groups is 3. The first-order valence-corrected chi connectivity index (χ1v) is 9.07. The van der Waals surface area contributed by atoms with Crippen LogP contribution in [0.5, 0.6) is 0 Å². The lowest BCUT2D eigenvalue weighted by molar-refractivity contribution is -0.138. The molecule has 2 atom stereocenters. The minimum absolute atomic E-state index is 0.0169. The molecule has 0 spiro atoms. The van der Waals surface area contributed by atoms with Gasteiger partial charge >= 0.3 is 6.18 Å². The van der Waals surface area contributed by atoms with E-state index in [1.165, 1.54) is 28.8 Å². The molecule has 2 aliphatic heterocycles. The second-order valence-corrected chi connectivity index (χ2v) is 7.05. The van der Waals surface area contributed by atoms with E-state index in [1.807, 2.05) is 0 Å². The van der Waals surface area contributed by atoms with Crippen LogP contribution in [0.3, 0.4) is 0 Å². The van der Waals surface area contributed by atoms with E-state index in [4.69, 9.17) is 0 Å².